The summed E-state index contributed by atoms with van der Waals surface area (Å²) in [6, 6.07) is 9.07. The number of ether oxygens (including phenoxy) is 2. The Morgan fingerprint density at radius 1 is 1.20 bits per heavy atom. The molecule has 30 heavy (non-hydrogen) atoms. The van der Waals surface area contributed by atoms with Crippen molar-refractivity contribution in [3.8, 4) is 5.75 Å². The minimum absolute atomic E-state index is 0.0592. The van der Waals surface area contributed by atoms with Gasteiger partial charge in [-0.2, -0.15) is 0 Å². The van der Waals surface area contributed by atoms with Gasteiger partial charge < -0.3 is 14.8 Å². The van der Waals surface area contributed by atoms with Crippen molar-refractivity contribution in [1.29, 1.82) is 0 Å². The van der Waals surface area contributed by atoms with Crippen molar-refractivity contribution in [2.45, 2.75) is 6.61 Å². The minimum Gasteiger partial charge on any atom is -0.487 e. The molecule has 1 aliphatic heterocycles. The van der Waals surface area contributed by atoms with Crippen molar-refractivity contribution in [2.75, 3.05) is 13.7 Å². The number of benzene rings is 2. The minimum atomic E-state index is -0.691. The van der Waals surface area contributed by atoms with E-state index in [2.05, 4.69) is 55.2 Å². The average Bonchev–Trinajstić information content (AvgIpc) is 2.94. The van der Waals surface area contributed by atoms with Gasteiger partial charge in [0.25, 0.3) is 5.91 Å². The second-order valence-corrected chi connectivity index (χ2v) is 8.51. The van der Waals surface area contributed by atoms with Crippen LogP contribution in [0.3, 0.4) is 0 Å². The molecule has 3 rings (SSSR count). The fourth-order valence-corrected chi connectivity index (χ4v) is 4.79. The fourth-order valence-electron chi connectivity index (χ4n) is 2.66. The quantitative estimate of drug-likeness (QED) is 0.227. The van der Waals surface area contributed by atoms with Gasteiger partial charge in [-0.15, -0.1) is 0 Å². The van der Waals surface area contributed by atoms with Crippen LogP contribution in [0.15, 0.2) is 42.1 Å². The number of imide groups is 1. The summed E-state index contributed by atoms with van der Waals surface area (Å²) in [6.07, 6.45) is 1.53. The first-order valence-corrected chi connectivity index (χ1v) is 10.7. The zero-order valence-electron chi connectivity index (χ0n) is 15.6. The Bertz CT molecular complexity index is 1030. The number of nitrogens with one attached hydrogen (secondary N) is 1. The summed E-state index contributed by atoms with van der Waals surface area (Å²) in [6.45, 7) is -0.248. The molecule has 0 unspecified atom stereocenters. The Kier molecular flexibility index (Phi) is 7.28. The van der Waals surface area contributed by atoms with E-state index in [1.165, 1.54) is 25.3 Å². The van der Waals surface area contributed by atoms with Crippen LogP contribution in [0, 0.1) is 13.0 Å². The molecule has 0 spiro atoms. The Morgan fingerprint density at radius 2 is 1.90 bits per heavy atom. The van der Waals surface area contributed by atoms with E-state index < -0.39 is 24.5 Å². The Hall–Kier alpha value is -2.22. The first-order chi connectivity index (χ1) is 14.3. The van der Waals surface area contributed by atoms with Crippen molar-refractivity contribution < 1.29 is 28.2 Å². The molecule has 2 aromatic carbocycles. The summed E-state index contributed by atoms with van der Waals surface area (Å²) in [5.41, 5.74) is 1.44. The van der Waals surface area contributed by atoms with Crippen LogP contribution in [-0.4, -0.2) is 36.5 Å². The second kappa shape index (κ2) is 9.73. The van der Waals surface area contributed by atoms with Crippen LogP contribution in [0.5, 0.6) is 5.75 Å². The van der Waals surface area contributed by atoms with Gasteiger partial charge in [0.15, 0.2) is 0 Å². The van der Waals surface area contributed by atoms with Gasteiger partial charge in [0, 0.05) is 0 Å². The number of amides is 3. The lowest BCUT2D eigenvalue weighted by molar-refractivity contribution is -0.143. The van der Waals surface area contributed by atoms with Crippen LogP contribution in [0.2, 0.25) is 0 Å². The van der Waals surface area contributed by atoms with Crippen molar-refractivity contribution in [3.05, 3.63) is 66.2 Å². The van der Waals surface area contributed by atoms with Crippen molar-refractivity contribution in [2.24, 2.45) is 0 Å². The lowest BCUT2D eigenvalue weighted by Crippen LogP contribution is -2.36. The van der Waals surface area contributed by atoms with Gasteiger partial charge in [0.2, 0.25) is 0 Å². The number of halogens is 3. The molecule has 0 aliphatic carbocycles. The molecule has 1 saturated heterocycles. The highest BCUT2D eigenvalue weighted by molar-refractivity contribution is 14.1. The monoisotopic (exact) mass is 636 g/mol. The van der Waals surface area contributed by atoms with E-state index in [0.717, 1.165) is 12.0 Å². The third-order valence-corrected chi connectivity index (χ3v) is 5.68. The summed E-state index contributed by atoms with van der Waals surface area (Å²) in [5, 5.41) is 2.46. The van der Waals surface area contributed by atoms with E-state index in [1.807, 2.05) is 0 Å². The number of carbonyl (C=O) groups is 3. The number of hydrogen-bond donors (Lipinski definition) is 1. The molecule has 7 nitrogen and oxygen atoms in total. The van der Waals surface area contributed by atoms with E-state index in [9.17, 15) is 18.8 Å². The number of rotatable bonds is 6. The Morgan fingerprint density at radius 3 is 2.53 bits per heavy atom. The summed E-state index contributed by atoms with van der Waals surface area (Å²) in [5.74, 6) is -0.991. The smallest absolute Gasteiger partial charge is 0.329 e. The molecule has 0 atom stereocenters. The molecule has 3 amide bonds. The normalized spacial score (nSPS) is 14.8. The molecule has 1 aliphatic rings. The largest absolute Gasteiger partial charge is 0.487 e. The summed E-state index contributed by atoms with van der Waals surface area (Å²) in [7, 11) is 1.18. The molecular formula is C20H15FI2N2O5. The number of esters is 1. The summed E-state index contributed by atoms with van der Waals surface area (Å²) < 4.78 is 25.2. The highest BCUT2D eigenvalue weighted by Crippen LogP contribution is 2.31. The first-order valence-electron chi connectivity index (χ1n) is 8.56. The third-order valence-electron chi connectivity index (χ3n) is 4.08. The maximum atomic E-state index is 13.3. The van der Waals surface area contributed by atoms with Gasteiger partial charge in [0.1, 0.15) is 30.4 Å². The average molecular weight is 636 g/mol. The number of hydrogen-bond acceptors (Lipinski definition) is 5. The lowest BCUT2D eigenvalue weighted by atomic mass is 10.2. The van der Waals surface area contributed by atoms with Crippen LogP contribution >= 0.6 is 45.2 Å². The highest BCUT2D eigenvalue weighted by atomic mass is 127. The molecule has 10 heteroatoms. The van der Waals surface area contributed by atoms with E-state index >= 15 is 0 Å². The highest BCUT2D eigenvalue weighted by Gasteiger charge is 2.35. The topological polar surface area (TPSA) is 84.9 Å². The third kappa shape index (κ3) is 5.28. The molecule has 0 radical (unpaired) electrons. The van der Waals surface area contributed by atoms with Crippen LogP contribution in [-0.2, 0) is 20.9 Å². The number of nitrogens with zero attached hydrogens (tertiary/aromatic N) is 1. The fraction of sp³-hybridized carbons (Fsp3) is 0.150. The van der Waals surface area contributed by atoms with E-state index in [-0.39, 0.29) is 18.1 Å². The molecule has 1 N–H and O–H groups in total. The van der Waals surface area contributed by atoms with Gasteiger partial charge in [-0.25, -0.2) is 14.1 Å². The van der Waals surface area contributed by atoms with Gasteiger partial charge in [0.05, 0.1) is 14.3 Å². The molecule has 1 heterocycles. The summed E-state index contributed by atoms with van der Waals surface area (Å²) >= 11 is 4.21. The van der Waals surface area contributed by atoms with Crippen LogP contribution in [0.4, 0.5) is 9.18 Å². The predicted molar refractivity (Wildman–Crippen MR) is 123 cm³/mol. The van der Waals surface area contributed by atoms with Gasteiger partial charge in [-0.1, -0.05) is 12.1 Å². The van der Waals surface area contributed by atoms with Crippen molar-refractivity contribution >= 4 is 69.2 Å². The predicted octanol–water partition coefficient (Wildman–Crippen LogP) is 3.68. The maximum Gasteiger partial charge on any atom is 0.329 e. The molecule has 1 fully saturated rings. The van der Waals surface area contributed by atoms with Crippen LogP contribution in [0.25, 0.3) is 6.08 Å². The Labute approximate surface area is 198 Å². The molecule has 0 saturated carbocycles. The van der Waals surface area contributed by atoms with Crippen molar-refractivity contribution in [1.82, 2.24) is 10.2 Å². The second-order valence-electron chi connectivity index (χ2n) is 6.19. The molecule has 0 bridgehead atoms. The molecule has 2 aromatic rings. The molecule has 0 aromatic heterocycles. The van der Waals surface area contributed by atoms with E-state index in [4.69, 9.17) is 4.74 Å². The number of methoxy groups -OCH3 is 1. The standard InChI is InChI=1S/C20H15FI2N2O5/c1-29-17(26)9-25-19(27)16(24-20(25)28)8-12-6-14(22)18(15(23)7-12)30-10-11-3-2-4-13(21)5-11/h2-8H,9-10H2,1H3,(H,24,28)/b16-8+. The lowest BCUT2D eigenvalue weighted by Gasteiger charge is -2.12. The van der Waals surface area contributed by atoms with Crippen molar-refractivity contribution in [3.63, 3.8) is 0 Å². The zero-order valence-corrected chi connectivity index (χ0v) is 19.9. The number of carbonyl (C=O) groups excluding carboxylic acids is 3. The molecular weight excluding hydrogens is 621 g/mol. The zero-order chi connectivity index (χ0) is 21.8. The van der Waals surface area contributed by atoms with Gasteiger partial charge in [-0.3, -0.25) is 9.59 Å². The Balaban J connectivity index is 1.77. The number of urea groups is 1. The summed E-state index contributed by atoms with van der Waals surface area (Å²) in [4.78, 5) is 36.5. The SMILES string of the molecule is COC(=O)CN1C(=O)N/C(=C/c2cc(I)c(OCc3cccc(F)c3)c(I)c2)C1=O. The molecule has 156 valence electrons. The van der Waals surface area contributed by atoms with E-state index in [0.29, 0.717) is 16.9 Å². The first kappa shape index (κ1) is 22.5. The van der Waals surface area contributed by atoms with Crippen LogP contribution in [0.1, 0.15) is 11.1 Å². The van der Waals surface area contributed by atoms with Gasteiger partial charge in [-0.05, 0) is 86.7 Å². The van der Waals surface area contributed by atoms with Crippen LogP contribution < -0.4 is 10.1 Å². The van der Waals surface area contributed by atoms with E-state index in [1.54, 1.807) is 24.3 Å². The van der Waals surface area contributed by atoms with Gasteiger partial charge >= 0.3 is 12.0 Å². The maximum absolute atomic E-state index is 13.3.